The lowest BCUT2D eigenvalue weighted by Crippen LogP contribution is -2.28. The van der Waals surface area contributed by atoms with Gasteiger partial charge in [0.25, 0.3) is 0 Å². The van der Waals surface area contributed by atoms with Gasteiger partial charge in [-0.1, -0.05) is 26.2 Å². The van der Waals surface area contributed by atoms with E-state index in [1.54, 1.807) is 18.7 Å². The van der Waals surface area contributed by atoms with Gasteiger partial charge >= 0.3 is 5.69 Å². The molecule has 6 heteroatoms. The maximum atomic E-state index is 11.1. The Hall–Kier alpha value is -1.59. The van der Waals surface area contributed by atoms with E-state index in [-0.39, 0.29) is 10.6 Å². The van der Waals surface area contributed by atoms with E-state index >= 15 is 0 Å². The summed E-state index contributed by atoms with van der Waals surface area (Å²) in [7, 11) is 1.75. The van der Waals surface area contributed by atoms with Crippen molar-refractivity contribution in [2.24, 2.45) is 13.0 Å². The van der Waals surface area contributed by atoms with E-state index in [0.717, 1.165) is 18.8 Å². The molecule has 1 aliphatic rings. The van der Waals surface area contributed by atoms with E-state index in [1.807, 2.05) is 0 Å². The van der Waals surface area contributed by atoms with Crippen LogP contribution in [0.1, 0.15) is 44.7 Å². The second-order valence-corrected chi connectivity index (χ2v) is 5.45. The first kappa shape index (κ1) is 13.8. The van der Waals surface area contributed by atoms with Crippen molar-refractivity contribution in [2.45, 2.75) is 52.0 Å². The number of nitro groups is 1. The average Bonchev–Trinajstić information content (AvgIpc) is 2.64. The second-order valence-electron chi connectivity index (χ2n) is 5.45. The minimum atomic E-state index is -0.342. The predicted octanol–water partition coefficient (Wildman–Crippen LogP) is 3.02. The van der Waals surface area contributed by atoms with Crippen LogP contribution in [-0.4, -0.2) is 20.7 Å². The number of anilines is 1. The van der Waals surface area contributed by atoms with Crippen LogP contribution in [0.4, 0.5) is 11.5 Å². The standard InChI is InChI=1S/C13H22N4O2/c1-4-10-6-5-7-11(8-10)14-13-12(17(18)19)9(2)15-16(13)3/h10-11,14H,4-8H2,1-3H3. The Labute approximate surface area is 113 Å². The molecule has 1 aromatic rings. The highest BCUT2D eigenvalue weighted by atomic mass is 16.6. The zero-order chi connectivity index (χ0) is 14.0. The highest BCUT2D eigenvalue weighted by Gasteiger charge is 2.28. The summed E-state index contributed by atoms with van der Waals surface area (Å²) in [6.45, 7) is 3.89. The summed E-state index contributed by atoms with van der Waals surface area (Å²) in [6.07, 6.45) is 5.84. The third-order valence-electron chi connectivity index (χ3n) is 4.07. The fourth-order valence-corrected chi connectivity index (χ4v) is 3.01. The van der Waals surface area contributed by atoms with Crippen molar-refractivity contribution in [2.75, 3.05) is 5.32 Å². The summed E-state index contributed by atoms with van der Waals surface area (Å²) in [6, 6.07) is 0.326. The maximum absolute atomic E-state index is 11.1. The number of hydrogen-bond acceptors (Lipinski definition) is 4. The van der Waals surface area contributed by atoms with Gasteiger partial charge in [0.2, 0.25) is 5.82 Å². The number of aromatic nitrogens is 2. The molecule has 106 valence electrons. The number of aryl methyl sites for hydroxylation is 2. The van der Waals surface area contributed by atoms with Crippen LogP contribution in [0.2, 0.25) is 0 Å². The van der Waals surface area contributed by atoms with Gasteiger partial charge in [-0.2, -0.15) is 5.10 Å². The molecule has 0 spiro atoms. The molecule has 0 bridgehead atoms. The fraction of sp³-hybridized carbons (Fsp3) is 0.769. The van der Waals surface area contributed by atoms with Gasteiger partial charge in [0.15, 0.2) is 0 Å². The number of nitrogens with zero attached hydrogens (tertiary/aromatic N) is 3. The molecule has 1 aliphatic carbocycles. The van der Waals surface area contributed by atoms with Crippen LogP contribution < -0.4 is 5.32 Å². The quantitative estimate of drug-likeness (QED) is 0.671. The Bertz CT molecular complexity index is 469. The molecule has 1 heterocycles. The van der Waals surface area contributed by atoms with Crippen LogP contribution in [0, 0.1) is 23.0 Å². The van der Waals surface area contributed by atoms with Crippen LogP contribution in [0.25, 0.3) is 0 Å². The normalized spacial score (nSPS) is 23.3. The lowest BCUT2D eigenvalue weighted by atomic mass is 9.84. The van der Waals surface area contributed by atoms with Gasteiger partial charge in [0.05, 0.1) is 4.92 Å². The molecule has 0 aliphatic heterocycles. The molecule has 2 atom stereocenters. The molecular formula is C13H22N4O2. The largest absolute Gasteiger partial charge is 0.362 e. The summed E-state index contributed by atoms with van der Waals surface area (Å²) in [5.74, 6) is 1.28. The summed E-state index contributed by atoms with van der Waals surface area (Å²) in [4.78, 5) is 10.8. The first-order chi connectivity index (χ1) is 9.02. The van der Waals surface area contributed by atoms with Crippen molar-refractivity contribution < 1.29 is 4.92 Å². The maximum Gasteiger partial charge on any atom is 0.333 e. The van der Waals surface area contributed by atoms with E-state index in [2.05, 4.69) is 17.3 Å². The van der Waals surface area contributed by atoms with Crippen molar-refractivity contribution in [1.82, 2.24) is 9.78 Å². The predicted molar refractivity (Wildman–Crippen MR) is 74.3 cm³/mol. The Morgan fingerprint density at radius 1 is 1.53 bits per heavy atom. The van der Waals surface area contributed by atoms with Gasteiger partial charge in [-0.15, -0.1) is 0 Å². The van der Waals surface area contributed by atoms with Crippen LogP contribution in [0.3, 0.4) is 0 Å². The molecule has 2 unspecified atom stereocenters. The van der Waals surface area contributed by atoms with Crippen molar-refractivity contribution in [1.29, 1.82) is 0 Å². The van der Waals surface area contributed by atoms with Gasteiger partial charge in [-0.25, -0.2) is 4.68 Å². The van der Waals surface area contributed by atoms with Crippen molar-refractivity contribution in [3.8, 4) is 0 Å². The van der Waals surface area contributed by atoms with Gasteiger partial charge < -0.3 is 5.32 Å². The summed E-state index contributed by atoms with van der Waals surface area (Å²) in [5, 5.41) is 18.6. The zero-order valence-corrected chi connectivity index (χ0v) is 11.8. The minimum absolute atomic E-state index is 0.112. The molecule has 19 heavy (non-hydrogen) atoms. The highest BCUT2D eigenvalue weighted by Crippen LogP contribution is 2.32. The topological polar surface area (TPSA) is 73.0 Å². The molecule has 0 aromatic carbocycles. The van der Waals surface area contributed by atoms with Crippen LogP contribution in [0.15, 0.2) is 0 Å². The molecule has 2 rings (SSSR count). The van der Waals surface area contributed by atoms with Crippen molar-refractivity contribution >= 4 is 11.5 Å². The van der Waals surface area contributed by atoms with Gasteiger partial charge in [0, 0.05) is 13.1 Å². The number of rotatable bonds is 4. The van der Waals surface area contributed by atoms with Crippen molar-refractivity contribution in [3.05, 3.63) is 15.8 Å². The minimum Gasteiger partial charge on any atom is -0.362 e. The highest BCUT2D eigenvalue weighted by molar-refractivity contribution is 5.59. The molecule has 0 saturated heterocycles. The third-order valence-corrected chi connectivity index (χ3v) is 4.07. The molecule has 1 aromatic heterocycles. The smallest absolute Gasteiger partial charge is 0.333 e. The van der Waals surface area contributed by atoms with E-state index < -0.39 is 0 Å². The molecular weight excluding hydrogens is 244 g/mol. The van der Waals surface area contributed by atoms with E-state index in [1.165, 1.54) is 19.3 Å². The Kier molecular flexibility index (Phi) is 4.07. The Morgan fingerprint density at radius 2 is 2.26 bits per heavy atom. The lowest BCUT2D eigenvalue weighted by Gasteiger charge is -2.29. The molecule has 0 amide bonds. The van der Waals surface area contributed by atoms with Crippen molar-refractivity contribution in [3.63, 3.8) is 0 Å². The molecule has 1 fully saturated rings. The first-order valence-corrected chi connectivity index (χ1v) is 6.97. The second kappa shape index (κ2) is 5.59. The summed E-state index contributed by atoms with van der Waals surface area (Å²) < 4.78 is 1.59. The zero-order valence-electron chi connectivity index (χ0n) is 11.8. The van der Waals surface area contributed by atoms with Crippen LogP contribution in [0.5, 0.6) is 0 Å². The number of hydrogen-bond donors (Lipinski definition) is 1. The molecule has 6 nitrogen and oxygen atoms in total. The molecule has 0 radical (unpaired) electrons. The summed E-state index contributed by atoms with van der Waals surface area (Å²) >= 11 is 0. The van der Waals surface area contributed by atoms with Gasteiger partial charge in [-0.05, 0) is 25.7 Å². The SMILES string of the molecule is CCC1CCCC(Nc2c([N+](=O)[O-])c(C)nn2C)C1. The van der Waals surface area contributed by atoms with Crippen LogP contribution >= 0.6 is 0 Å². The Morgan fingerprint density at radius 3 is 2.89 bits per heavy atom. The fourth-order valence-electron chi connectivity index (χ4n) is 3.01. The van der Waals surface area contributed by atoms with E-state index in [9.17, 15) is 10.1 Å². The van der Waals surface area contributed by atoms with Crippen LogP contribution in [-0.2, 0) is 7.05 Å². The monoisotopic (exact) mass is 266 g/mol. The van der Waals surface area contributed by atoms with Gasteiger partial charge in [-0.3, -0.25) is 10.1 Å². The molecule has 1 N–H and O–H groups in total. The third kappa shape index (κ3) is 2.88. The van der Waals surface area contributed by atoms with E-state index in [0.29, 0.717) is 17.6 Å². The van der Waals surface area contributed by atoms with E-state index in [4.69, 9.17) is 0 Å². The van der Waals surface area contributed by atoms with Gasteiger partial charge in [0.1, 0.15) is 5.69 Å². The average molecular weight is 266 g/mol. The number of nitrogens with one attached hydrogen (secondary N) is 1. The summed E-state index contributed by atoms with van der Waals surface area (Å²) in [5.41, 5.74) is 0.582. The lowest BCUT2D eigenvalue weighted by molar-refractivity contribution is -0.384. The Balaban J connectivity index is 2.16. The molecule has 1 saturated carbocycles. The first-order valence-electron chi connectivity index (χ1n) is 6.97.